The molecule has 2 atom stereocenters. The van der Waals surface area contributed by atoms with E-state index in [1.54, 1.807) is 65.7 Å². The number of carbonyl (C=O) groups excluding carboxylic acids is 2. The molecule has 4 heterocycles. The third-order valence-electron chi connectivity index (χ3n) is 7.58. The number of halogens is 2. The van der Waals surface area contributed by atoms with Gasteiger partial charge < -0.3 is 16.2 Å². The average molecular weight is 593 g/mol. The van der Waals surface area contributed by atoms with Gasteiger partial charge in [-0.15, -0.1) is 0 Å². The quantitative estimate of drug-likeness (QED) is 0.242. The highest BCUT2D eigenvalue weighted by atomic mass is 19.1. The van der Waals surface area contributed by atoms with E-state index >= 15 is 4.39 Å². The smallest absolute Gasteiger partial charge is 0.254 e. The summed E-state index contributed by atoms with van der Waals surface area (Å²) in [5.41, 5.74) is 8.92. The van der Waals surface area contributed by atoms with Crippen molar-refractivity contribution in [3.8, 4) is 28.6 Å². The second-order valence-electron chi connectivity index (χ2n) is 10.2. The van der Waals surface area contributed by atoms with E-state index in [4.69, 9.17) is 15.7 Å². The van der Waals surface area contributed by atoms with Gasteiger partial charge in [0.15, 0.2) is 23.6 Å². The van der Waals surface area contributed by atoms with Crippen molar-refractivity contribution >= 4 is 29.2 Å². The normalized spacial score (nSPS) is 15.8. The Bertz CT molecular complexity index is 2090. The molecule has 0 unspecified atom stereocenters. The van der Waals surface area contributed by atoms with Crippen molar-refractivity contribution in [3.05, 3.63) is 107 Å². The van der Waals surface area contributed by atoms with Gasteiger partial charge in [-0.1, -0.05) is 6.07 Å². The topological polar surface area (TPSA) is 154 Å². The number of imidazole rings is 1. The van der Waals surface area contributed by atoms with Crippen LogP contribution in [0, 0.1) is 5.82 Å². The minimum Gasteiger partial charge on any atom is -0.507 e. The standard InChI is InChI=1S/C31H22F2N8O3/c32-22-14-25(43)17(15-42)12-21(22)31(44)39-27-19-5-4-18(11-16(19)13-23(27)33)41-29(20-3-1-8-35-28(20)34)37-24-6-7-26(38-30(24)41)40-10-2-9-36-40/h1-12,14-15,23,27,43H,13H2,(H2,34,35)(H,39,44)/t23-,27-/m1/s1. The molecule has 218 valence electrons. The van der Waals surface area contributed by atoms with Crippen molar-refractivity contribution in [1.29, 1.82) is 0 Å². The number of aromatic hydroxyl groups is 1. The second kappa shape index (κ2) is 10.4. The summed E-state index contributed by atoms with van der Waals surface area (Å²) < 4.78 is 33.3. The Morgan fingerprint density at radius 3 is 2.73 bits per heavy atom. The van der Waals surface area contributed by atoms with E-state index in [0.29, 0.717) is 57.5 Å². The summed E-state index contributed by atoms with van der Waals surface area (Å²) >= 11 is 0. The van der Waals surface area contributed by atoms with E-state index in [1.807, 2.05) is 10.6 Å². The monoisotopic (exact) mass is 592 g/mol. The molecule has 4 aromatic heterocycles. The Kier molecular flexibility index (Phi) is 6.34. The molecule has 7 rings (SSSR count). The Balaban J connectivity index is 1.31. The van der Waals surface area contributed by atoms with Crippen LogP contribution in [0.25, 0.3) is 34.1 Å². The first-order chi connectivity index (χ1) is 21.3. The Morgan fingerprint density at radius 1 is 1.09 bits per heavy atom. The average Bonchev–Trinajstić information content (AvgIpc) is 3.75. The molecule has 2 aromatic carbocycles. The third-order valence-corrected chi connectivity index (χ3v) is 7.58. The van der Waals surface area contributed by atoms with Crippen LogP contribution in [0.3, 0.4) is 0 Å². The van der Waals surface area contributed by atoms with Crippen molar-refractivity contribution in [2.24, 2.45) is 0 Å². The van der Waals surface area contributed by atoms with Crippen LogP contribution in [-0.2, 0) is 6.42 Å². The largest absolute Gasteiger partial charge is 0.507 e. The molecule has 11 nitrogen and oxygen atoms in total. The first-order valence-electron chi connectivity index (χ1n) is 13.5. The number of aldehydes is 1. The number of carbonyl (C=O) groups is 2. The predicted octanol–water partition coefficient (Wildman–Crippen LogP) is 4.27. The van der Waals surface area contributed by atoms with Crippen LogP contribution in [0.15, 0.2) is 79.3 Å². The van der Waals surface area contributed by atoms with E-state index in [1.165, 1.54) is 0 Å². The summed E-state index contributed by atoms with van der Waals surface area (Å²) in [6.07, 6.45) is 3.77. The number of phenolic OH excluding ortho intramolecular Hbond substituents is 1. The zero-order chi connectivity index (χ0) is 30.5. The summed E-state index contributed by atoms with van der Waals surface area (Å²) in [7, 11) is 0. The molecule has 0 bridgehead atoms. The fourth-order valence-corrected chi connectivity index (χ4v) is 5.48. The van der Waals surface area contributed by atoms with Gasteiger partial charge in [0.1, 0.15) is 29.1 Å². The highest BCUT2D eigenvalue weighted by molar-refractivity contribution is 5.97. The van der Waals surface area contributed by atoms with Crippen LogP contribution in [-0.4, -0.2) is 52.8 Å². The van der Waals surface area contributed by atoms with Gasteiger partial charge >= 0.3 is 0 Å². The number of nitrogens with two attached hydrogens (primary N) is 1. The number of pyridine rings is 2. The number of rotatable bonds is 6. The maximum atomic E-state index is 15.4. The van der Waals surface area contributed by atoms with Crippen LogP contribution in [0.1, 0.15) is 37.9 Å². The van der Waals surface area contributed by atoms with Crippen LogP contribution >= 0.6 is 0 Å². The number of benzene rings is 2. The van der Waals surface area contributed by atoms with Crippen LogP contribution in [0.5, 0.6) is 5.75 Å². The Hall–Kier alpha value is -5.98. The number of hydrogen-bond acceptors (Lipinski definition) is 8. The van der Waals surface area contributed by atoms with Crippen LogP contribution < -0.4 is 11.1 Å². The molecule has 4 N–H and O–H groups in total. The molecular weight excluding hydrogens is 570 g/mol. The first-order valence-corrected chi connectivity index (χ1v) is 13.5. The number of hydrogen-bond donors (Lipinski definition) is 3. The van der Waals surface area contributed by atoms with Crippen LogP contribution in [0.2, 0.25) is 0 Å². The SMILES string of the molecule is Nc1ncccc1-c1nc2ccc(-n3cccn3)nc2n1-c1ccc2c(c1)C[C@@H](F)[C@@H]2NC(=O)c1cc(C=O)c(O)cc1F. The molecule has 0 spiro atoms. The van der Waals surface area contributed by atoms with Gasteiger partial charge in [-0.25, -0.2) is 28.4 Å². The number of amides is 1. The maximum absolute atomic E-state index is 15.4. The molecule has 1 aliphatic rings. The fourth-order valence-electron chi connectivity index (χ4n) is 5.48. The molecule has 0 fully saturated rings. The van der Waals surface area contributed by atoms with Crippen LogP contribution in [0.4, 0.5) is 14.6 Å². The molecule has 6 aromatic rings. The molecule has 44 heavy (non-hydrogen) atoms. The van der Waals surface area contributed by atoms with Crippen molar-refractivity contribution < 1.29 is 23.5 Å². The summed E-state index contributed by atoms with van der Waals surface area (Å²) in [4.78, 5) is 38.0. The number of alkyl halides is 1. The Morgan fingerprint density at radius 2 is 1.95 bits per heavy atom. The number of nitrogens with zero attached hydrogens (tertiary/aromatic N) is 6. The molecule has 13 heteroatoms. The Labute approximate surface area is 247 Å². The minimum atomic E-state index is -1.51. The van der Waals surface area contributed by atoms with Gasteiger partial charge in [-0.3, -0.25) is 14.2 Å². The molecule has 0 radical (unpaired) electrons. The van der Waals surface area contributed by atoms with Crippen molar-refractivity contribution in [2.75, 3.05) is 5.73 Å². The van der Waals surface area contributed by atoms with Gasteiger partial charge in [-0.2, -0.15) is 5.10 Å². The first kappa shape index (κ1) is 26.9. The van der Waals surface area contributed by atoms with Gasteiger partial charge in [0, 0.05) is 36.8 Å². The van der Waals surface area contributed by atoms with Gasteiger partial charge in [0.25, 0.3) is 5.91 Å². The van der Waals surface area contributed by atoms with Gasteiger partial charge in [-0.05, 0) is 59.7 Å². The lowest BCUT2D eigenvalue weighted by atomic mass is 10.0. The number of fused-ring (bicyclic) bond motifs is 2. The lowest BCUT2D eigenvalue weighted by Crippen LogP contribution is -2.32. The van der Waals surface area contributed by atoms with E-state index in [0.717, 1.165) is 6.07 Å². The summed E-state index contributed by atoms with van der Waals surface area (Å²) in [5, 5.41) is 16.5. The van der Waals surface area contributed by atoms with E-state index < -0.39 is 35.3 Å². The van der Waals surface area contributed by atoms with Gasteiger partial charge in [0.2, 0.25) is 0 Å². The van der Waals surface area contributed by atoms with Crippen molar-refractivity contribution in [1.82, 2.24) is 34.6 Å². The van der Waals surface area contributed by atoms with E-state index in [-0.39, 0.29) is 17.8 Å². The lowest BCUT2D eigenvalue weighted by molar-refractivity contribution is 0.0910. The summed E-state index contributed by atoms with van der Waals surface area (Å²) in [6, 6.07) is 14.7. The zero-order valence-corrected chi connectivity index (χ0v) is 22.7. The molecule has 0 saturated carbocycles. The lowest BCUT2D eigenvalue weighted by Gasteiger charge is -2.18. The minimum absolute atomic E-state index is 0.0191. The summed E-state index contributed by atoms with van der Waals surface area (Å²) in [5.74, 6) is -1.25. The maximum Gasteiger partial charge on any atom is 0.254 e. The number of nitrogens with one attached hydrogen (secondary N) is 1. The second-order valence-corrected chi connectivity index (χ2v) is 10.2. The number of nitrogen functional groups attached to an aromatic ring is 1. The molecule has 0 saturated heterocycles. The van der Waals surface area contributed by atoms with Crippen molar-refractivity contribution in [2.45, 2.75) is 18.6 Å². The molecule has 1 aliphatic carbocycles. The number of anilines is 1. The highest BCUT2D eigenvalue weighted by Crippen LogP contribution is 2.37. The van der Waals surface area contributed by atoms with Gasteiger partial charge in [0.05, 0.1) is 22.7 Å². The number of phenols is 1. The highest BCUT2D eigenvalue weighted by Gasteiger charge is 2.35. The molecular formula is C31H22F2N8O3. The van der Waals surface area contributed by atoms with Crippen molar-refractivity contribution in [3.63, 3.8) is 0 Å². The zero-order valence-electron chi connectivity index (χ0n) is 22.7. The van der Waals surface area contributed by atoms with E-state index in [2.05, 4.69) is 15.4 Å². The van der Waals surface area contributed by atoms with E-state index in [9.17, 15) is 19.1 Å². The predicted molar refractivity (Wildman–Crippen MR) is 156 cm³/mol. The number of aromatic nitrogens is 6. The molecule has 0 aliphatic heterocycles. The fraction of sp³-hybridized carbons (Fsp3) is 0.0968. The summed E-state index contributed by atoms with van der Waals surface area (Å²) in [6.45, 7) is 0. The molecule has 1 amide bonds. The third kappa shape index (κ3) is 4.42.